The summed E-state index contributed by atoms with van der Waals surface area (Å²) in [6, 6.07) is 0. The van der Waals surface area contributed by atoms with E-state index in [0.29, 0.717) is 16.7 Å². The number of carbonyl (C=O) groups excluding carboxylic acids is 1. The van der Waals surface area contributed by atoms with Crippen molar-refractivity contribution in [3.05, 3.63) is 0 Å². The van der Waals surface area contributed by atoms with Crippen LogP contribution in [0.3, 0.4) is 0 Å². The van der Waals surface area contributed by atoms with Gasteiger partial charge in [-0.2, -0.15) is 0 Å². The minimum Gasteiger partial charge on any atom is -0.462 e. The monoisotopic (exact) mass is 522 g/mol. The second-order valence-corrected chi connectivity index (χ2v) is 14.3. The number of alkyl halides is 1. The third-order valence-corrected chi connectivity index (χ3v) is 12.4. The highest BCUT2D eigenvalue weighted by Gasteiger charge is 2.61. The summed E-state index contributed by atoms with van der Waals surface area (Å²) in [5.41, 5.74) is 1.01. The normalized spacial score (nSPS) is 45.8. The molecule has 0 amide bonds. The van der Waals surface area contributed by atoms with Crippen LogP contribution in [-0.2, 0) is 9.53 Å². The van der Waals surface area contributed by atoms with Gasteiger partial charge in [0.1, 0.15) is 6.10 Å². The standard InChI is InChI=1S/C30H51BrO2/c1-19(2)8-7-9-20(3)25-12-13-26-24-11-10-23-16-28(33-21(4)32)22(18-31)17-30(23,6)27(24)14-15-29(25,26)5/h19-20,22-28H,7-18H2,1-6H3/t20-,22-,23+,24+,25-,26+,27+,28-,29-,30+/m1/s1. The molecule has 4 aliphatic carbocycles. The van der Waals surface area contributed by atoms with Gasteiger partial charge >= 0.3 is 5.97 Å². The van der Waals surface area contributed by atoms with Crippen molar-refractivity contribution in [3.8, 4) is 0 Å². The van der Waals surface area contributed by atoms with E-state index in [0.717, 1.165) is 53.2 Å². The summed E-state index contributed by atoms with van der Waals surface area (Å²) in [7, 11) is 0. The number of fused-ring (bicyclic) bond motifs is 5. The Labute approximate surface area is 212 Å². The van der Waals surface area contributed by atoms with Crippen LogP contribution >= 0.6 is 15.9 Å². The maximum Gasteiger partial charge on any atom is 0.302 e. The molecule has 0 N–H and O–H groups in total. The van der Waals surface area contributed by atoms with Crippen LogP contribution in [0.1, 0.15) is 112 Å². The van der Waals surface area contributed by atoms with Gasteiger partial charge < -0.3 is 4.74 Å². The number of esters is 1. The maximum absolute atomic E-state index is 11.7. The van der Waals surface area contributed by atoms with Crippen LogP contribution in [-0.4, -0.2) is 17.4 Å². The number of halogens is 1. The van der Waals surface area contributed by atoms with E-state index in [-0.39, 0.29) is 12.1 Å². The van der Waals surface area contributed by atoms with Crippen LogP contribution < -0.4 is 0 Å². The molecule has 33 heavy (non-hydrogen) atoms. The van der Waals surface area contributed by atoms with Crippen molar-refractivity contribution in [1.82, 2.24) is 0 Å². The van der Waals surface area contributed by atoms with Crippen molar-refractivity contribution >= 4 is 21.9 Å². The highest BCUT2D eigenvalue weighted by atomic mass is 79.9. The molecule has 0 bridgehead atoms. The smallest absolute Gasteiger partial charge is 0.302 e. The summed E-state index contributed by atoms with van der Waals surface area (Å²) in [5.74, 6) is 6.53. The second-order valence-electron chi connectivity index (χ2n) is 13.7. The van der Waals surface area contributed by atoms with Gasteiger partial charge in [0.2, 0.25) is 0 Å². The van der Waals surface area contributed by atoms with Crippen molar-refractivity contribution in [2.24, 2.45) is 58.2 Å². The molecule has 4 rings (SSSR count). The largest absolute Gasteiger partial charge is 0.462 e. The molecule has 4 fully saturated rings. The van der Waals surface area contributed by atoms with Crippen LogP contribution in [0.15, 0.2) is 0 Å². The molecule has 4 aliphatic rings. The quantitative estimate of drug-likeness (QED) is 0.247. The lowest BCUT2D eigenvalue weighted by Gasteiger charge is -2.62. The van der Waals surface area contributed by atoms with Crippen LogP contribution in [0.2, 0.25) is 0 Å². The fraction of sp³-hybridized carbons (Fsp3) is 0.967. The zero-order valence-electron chi connectivity index (χ0n) is 22.4. The van der Waals surface area contributed by atoms with Gasteiger partial charge in [-0.15, -0.1) is 0 Å². The maximum atomic E-state index is 11.7. The molecule has 0 aromatic heterocycles. The summed E-state index contributed by atoms with van der Waals surface area (Å²) in [6.45, 7) is 14.2. The van der Waals surface area contributed by atoms with Gasteiger partial charge in [-0.25, -0.2) is 0 Å². The minimum atomic E-state index is -0.101. The fourth-order valence-corrected chi connectivity index (χ4v) is 10.6. The molecule has 3 heteroatoms. The Bertz CT molecular complexity index is 691. The van der Waals surface area contributed by atoms with Gasteiger partial charge in [0.25, 0.3) is 0 Å². The van der Waals surface area contributed by atoms with E-state index in [2.05, 4.69) is 50.5 Å². The third kappa shape index (κ3) is 4.84. The number of carbonyl (C=O) groups is 1. The molecule has 0 aliphatic heterocycles. The zero-order valence-corrected chi connectivity index (χ0v) is 24.0. The van der Waals surface area contributed by atoms with E-state index >= 15 is 0 Å². The first kappa shape index (κ1) is 26.0. The average Bonchev–Trinajstić information content (AvgIpc) is 3.10. The molecule has 10 atom stereocenters. The lowest BCUT2D eigenvalue weighted by Crippen LogP contribution is -2.56. The van der Waals surface area contributed by atoms with Gasteiger partial charge in [-0.1, -0.05) is 69.8 Å². The van der Waals surface area contributed by atoms with Gasteiger partial charge in [-0.3, -0.25) is 4.79 Å². The third-order valence-electron chi connectivity index (χ3n) is 11.5. The first-order chi connectivity index (χ1) is 15.6. The van der Waals surface area contributed by atoms with Crippen molar-refractivity contribution in [3.63, 3.8) is 0 Å². The highest BCUT2D eigenvalue weighted by Crippen LogP contribution is 2.69. The lowest BCUT2D eigenvalue weighted by atomic mass is 9.43. The van der Waals surface area contributed by atoms with Gasteiger partial charge in [-0.05, 0) is 104 Å². The first-order valence-electron chi connectivity index (χ1n) is 14.3. The van der Waals surface area contributed by atoms with E-state index < -0.39 is 0 Å². The predicted molar refractivity (Wildman–Crippen MR) is 141 cm³/mol. The van der Waals surface area contributed by atoms with Crippen molar-refractivity contribution < 1.29 is 9.53 Å². The summed E-state index contributed by atoms with van der Waals surface area (Å²) in [6.07, 6.45) is 15.3. The molecule has 0 unspecified atom stereocenters. The summed E-state index contributed by atoms with van der Waals surface area (Å²) >= 11 is 3.79. The van der Waals surface area contributed by atoms with E-state index in [4.69, 9.17) is 4.74 Å². The molecule has 0 aromatic carbocycles. The Morgan fingerprint density at radius 2 is 1.73 bits per heavy atom. The Balaban J connectivity index is 1.47. The van der Waals surface area contributed by atoms with Crippen molar-refractivity contribution in [2.45, 2.75) is 118 Å². The Hall–Kier alpha value is -0.0500. The molecule has 2 nitrogen and oxygen atoms in total. The zero-order chi connectivity index (χ0) is 24.0. The minimum absolute atomic E-state index is 0.101. The Morgan fingerprint density at radius 3 is 2.39 bits per heavy atom. The predicted octanol–water partition coefficient (Wildman–Crippen LogP) is 8.66. The summed E-state index contributed by atoms with van der Waals surface area (Å²) < 4.78 is 5.83. The summed E-state index contributed by atoms with van der Waals surface area (Å²) in [4.78, 5) is 11.7. The SMILES string of the molecule is CC(=O)O[C@@H]1C[C@@H]2CC[C@@H]3[C@H](CC[C@]4(C)[C@@H]([C@H](C)CCCC(C)C)CC[C@@H]34)[C@@]2(C)C[C@@H]1CBr. The number of hydrogen-bond acceptors (Lipinski definition) is 2. The van der Waals surface area contributed by atoms with Crippen LogP contribution in [0.5, 0.6) is 0 Å². The van der Waals surface area contributed by atoms with E-state index in [1.165, 1.54) is 64.2 Å². The molecular weight excluding hydrogens is 472 g/mol. The lowest BCUT2D eigenvalue weighted by molar-refractivity contribution is -0.169. The van der Waals surface area contributed by atoms with Gasteiger partial charge in [0.05, 0.1) is 0 Å². The molecular formula is C30H51BrO2. The summed E-state index contributed by atoms with van der Waals surface area (Å²) in [5, 5.41) is 0.960. The van der Waals surface area contributed by atoms with Crippen LogP contribution in [0.25, 0.3) is 0 Å². The van der Waals surface area contributed by atoms with E-state index in [9.17, 15) is 4.79 Å². The molecule has 190 valence electrons. The Kier molecular flexibility index (Phi) is 7.99. The molecule has 4 saturated carbocycles. The molecule has 0 radical (unpaired) electrons. The molecule has 0 spiro atoms. The van der Waals surface area contributed by atoms with Crippen molar-refractivity contribution in [2.75, 3.05) is 5.33 Å². The van der Waals surface area contributed by atoms with E-state index in [1.807, 2.05) is 0 Å². The number of rotatable bonds is 7. The van der Waals surface area contributed by atoms with Crippen molar-refractivity contribution in [1.29, 1.82) is 0 Å². The number of hydrogen-bond donors (Lipinski definition) is 0. The molecule has 0 aromatic rings. The molecule has 0 saturated heterocycles. The van der Waals surface area contributed by atoms with Gasteiger partial charge in [0, 0.05) is 18.2 Å². The average molecular weight is 524 g/mol. The topological polar surface area (TPSA) is 26.3 Å². The first-order valence-corrected chi connectivity index (χ1v) is 15.5. The fourth-order valence-electron chi connectivity index (χ4n) is 9.95. The van der Waals surface area contributed by atoms with E-state index in [1.54, 1.807) is 6.92 Å². The number of ether oxygens (including phenoxy) is 1. The Morgan fingerprint density at radius 1 is 1.00 bits per heavy atom. The molecule has 0 heterocycles. The van der Waals surface area contributed by atoms with Crippen LogP contribution in [0.4, 0.5) is 0 Å². The second kappa shape index (κ2) is 10.1. The van der Waals surface area contributed by atoms with Gasteiger partial charge in [0.15, 0.2) is 0 Å². The van der Waals surface area contributed by atoms with Crippen LogP contribution in [0, 0.1) is 58.2 Å². The highest BCUT2D eigenvalue weighted by molar-refractivity contribution is 9.09.